The van der Waals surface area contributed by atoms with Gasteiger partial charge in [0.25, 0.3) is 15.9 Å². The molecule has 0 spiro atoms. The normalized spacial score (nSPS) is 14.5. The van der Waals surface area contributed by atoms with Crippen LogP contribution < -0.4 is 9.46 Å². The number of aromatic nitrogens is 3. The van der Waals surface area contributed by atoms with Crippen LogP contribution in [0.4, 0.5) is 26.3 Å². The number of nitrogens with one attached hydrogen (secondary N) is 1. The number of ether oxygens (including phenoxy) is 1. The van der Waals surface area contributed by atoms with Crippen LogP contribution in [0.25, 0.3) is 5.69 Å². The predicted octanol–water partition coefficient (Wildman–Crippen LogP) is 5.49. The van der Waals surface area contributed by atoms with Gasteiger partial charge >= 0.3 is 12.5 Å². The lowest BCUT2D eigenvalue weighted by atomic mass is 10.2. The summed E-state index contributed by atoms with van der Waals surface area (Å²) in [7, 11) is -4.89. The molecule has 2 aromatic carbocycles. The van der Waals surface area contributed by atoms with Gasteiger partial charge in [0.1, 0.15) is 10.6 Å². The van der Waals surface area contributed by atoms with Crippen LogP contribution >= 0.6 is 23.2 Å². The van der Waals surface area contributed by atoms with Crippen molar-refractivity contribution in [1.29, 1.82) is 0 Å². The van der Waals surface area contributed by atoms with E-state index in [9.17, 15) is 39.6 Å². The van der Waals surface area contributed by atoms with Gasteiger partial charge in [-0.15, -0.1) is 18.3 Å². The van der Waals surface area contributed by atoms with Crippen molar-refractivity contribution in [3.63, 3.8) is 0 Å². The summed E-state index contributed by atoms with van der Waals surface area (Å²) in [5.74, 6) is -2.25. The molecule has 4 rings (SSSR count). The van der Waals surface area contributed by atoms with E-state index in [1.165, 1.54) is 0 Å². The molecule has 37 heavy (non-hydrogen) atoms. The highest BCUT2D eigenvalue weighted by atomic mass is 35.5. The fraction of sp³-hybridized carbons (Fsp3) is 0.250. The number of nitrogens with zero attached hydrogens (tertiary/aromatic N) is 3. The molecule has 1 N–H and O–H groups in total. The van der Waals surface area contributed by atoms with Gasteiger partial charge in [0.2, 0.25) is 0 Å². The molecule has 0 aliphatic heterocycles. The standard InChI is InChI=1S/C20H12Cl2F6N4O4S/c21-12-5-3-10(19(23,24)25)7-15(12)37(34,35)30-18(33)16-17(9-1-2-9)32(31-29-16)14-6-4-11(8-13(14)22)36-20(26,27)28/h3-9H,1-2H2,(H,30,33). The van der Waals surface area contributed by atoms with Gasteiger partial charge < -0.3 is 4.74 Å². The van der Waals surface area contributed by atoms with Gasteiger partial charge in [0, 0.05) is 12.0 Å². The molecule has 0 atom stereocenters. The molecule has 1 aromatic heterocycles. The minimum Gasteiger partial charge on any atom is -0.406 e. The first kappa shape index (κ1) is 27.0. The lowest BCUT2D eigenvalue weighted by molar-refractivity contribution is -0.274. The van der Waals surface area contributed by atoms with E-state index in [0.29, 0.717) is 18.9 Å². The number of hydrogen-bond donors (Lipinski definition) is 1. The number of alkyl halides is 6. The highest BCUT2D eigenvalue weighted by molar-refractivity contribution is 7.90. The molecule has 3 aromatic rings. The number of carbonyl (C=O) groups is 1. The number of benzene rings is 2. The molecule has 17 heteroatoms. The van der Waals surface area contributed by atoms with Crippen LogP contribution in [-0.2, 0) is 16.2 Å². The van der Waals surface area contributed by atoms with Crippen molar-refractivity contribution < 1.29 is 44.3 Å². The zero-order valence-electron chi connectivity index (χ0n) is 17.9. The molecule has 1 aliphatic rings. The molecular weight excluding hydrogens is 577 g/mol. The highest BCUT2D eigenvalue weighted by Gasteiger charge is 2.37. The second-order valence-corrected chi connectivity index (χ2v) is 10.2. The Morgan fingerprint density at radius 2 is 1.70 bits per heavy atom. The van der Waals surface area contributed by atoms with Crippen LogP contribution in [0.1, 0.15) is 40.5 Å². The Labute approximate surface area is 214 Å². The molecular formula is C20H12Cl2F6N4O4S. The molecule has 198 valence electrons. The predicted molar refractivity (Wildman–Crippen MR) is 116 cm³/mol. The van der Waals surface area contributed by atoms with Crippen LogP contribution in [0.3, 0.4) is 0 Å². The maximum atomic E-state index is 13.0. The highest BCUT2D eigenvalue weighted by Crippen LogP contribution is 2.43. The van der Waals surface area contributed by atoms with Crippen LogP contribution in [0.2, 0.25) is 10.0 Å². The zero-order valence-corrected chi connectivity index (χ0v) is 20.2. The summed E-state index contributed by atoms with van der Waals surface area (Å²) in [6.07, 6.45) is -8.74. The third-order valence-electron chi connectivity index (χ3n) is 5.04. The van der Waals surface area contributed by atoms with Crippen molar-refractivity contribution in [2.75, 3.05) is 0 Å². The Balaban J connectivity index is 1.67. The van der Waals surface area contributed by atoms with Crippen LogP contribution in [0.15, 0.2) is 41.3 Å². The molecule has 1 fully saturated rings. The molecule has 1 aliphatic carbocycles. The van der Waals surface area contributed by atoms with Gasteiger partial charge in [-0.2, -0.15) is 13.2 Å². The topological polar surface area (TPSA) is 103 Å². The Morgan fingerprint density at radius 3 is 2.27 bits per heavy atom. The fourth-order valence-electron chi connectivity index (χ4n) is 3.32. The van der Waals surface area contributed by atoms with E-state index in [2.05, 4.69) is 15.0 Å². The van der Waals surface area contributed by atoms with Gasteiger partial charge in [-0.1, -0.05) is 28.4 Å². The second-order valence-electron chi connectivity index (χ2n) is 7.75. The maximum Gasteiger partial charge on any atom is 0.573 e. The van der Waals surface area contributed by atoms with Crippen molar-refractivity contribution in [3.05, 3.63) is 63.4 Å². The minimum atomic E-state index is -4.96. The van der Waals surface area contributed by atoms with Crippen molar-refractivity contribution >= 4 is 39.1 Å². The summed E-state index contributed by atoms with van der Waals surface area (Å²) >= 11 is 11.9. The van der Waals surface area contributed by atoms with Crippen LogP contribution in [0, 0.1) is 0 Å². The largest absolute Gasteiger partial charge is 0.573 e. The summed E-state index contributed by atoms with van der Waals surface area (Å²) in [5, 5.41) is 6.67. The number of halogens is 8. The Morgan fingerprint density at radius 1 is 1.03 bits per heavy atom. The summed E-state index contributed by atoms with van der Waals surface area (Å²) in [6, 6.07) is 4.53. The molecule has 0 unspecified atom stereocenters. The summed E-state index contributed by atoms with van der Waals surface area (Å²) in [4.78, 5) is 11.9. The minimum absolute atomic E-state index is 0.0217. The van der Waals surface area contributed by atoms with E-state index >= 15 is 0 Å². The number of amides is 1. The lowest BCUT2D eigenvalue weighted by Gasteiger charge is -2.13. The Kier molecular flexibility index (Phi) is 6.84. The van der Waals surface area contributed by atoms with Gasteiger partial charge in [-0.25, -0.2) is 17.8 Å². The first-order chi connectivity index (χ1) is 17.1. The van der Waals surface area contributed by atoms with E-state index < -0.39 is 55.4 Å². The third-order valence-corrected chi connectivity index (χ3v) is 7.16. The number of sulfonamides is 1. The summed E-state index contributed by atoms with van der Waals surface area (Å²) < 4.78 is 109. The fourth-order valence-corrected chi connectivity index (χ4v) is 5.05. The number of carbonyl (C=O) groups excluding carboxylic acids is 1. The van der Waals surface area contributed by atoms with Gasteiger partial charge in [0.15, 0.2) is 5.69 Å². The zero-order chi connectivity index (χ0) is 27.3. The van der Waals surface area contributed by atoms with Gasteiger partial charge in [-0.05, 0) is 43.2 Å². The second kappa shape index (κ2) is 9.36. The smallest absolute Gasteiger partial charge is 0.406 e. The first-order valence-corrected chi connectivity index (χ1v) is 12.3. The average Bonchev–Trinajstić information content (AvgIpc) is 3.50. The van der Waals surface area contributed by atoms with Crippen molar-refractivity contribution in [1.82, 2.24) is 19.7 Å². The third kappa shape index (κ3) is 5.93. The SMILES string of the molecule is O=C(NS(=O)(=O)c1cc(C(F)(F)F)ccc1Cl)c1nnn(-c2ccc(OC(F)(F)F)cc2Cl)c1C1CC1. The number of rotatable bonds is 6. The van der Waals surface area contributed by atoms with Gasteiger partial charge in [-0.3, -0.25) is 4.79 Å². The van der Waals surface area contributed by atoms with E-state index in [4.69, 9.17) is 23.2 Å². The van der Waals surface area contributed by atoms with E-state index in [1.54, 1.807) is 4.72 Å². The molecule has 0 saturated heterocycles. The molecule has 1 amide bonds. The molecule has 1 heterocycles. The lowest BCUT2D eigenvalue weighted by Crippen LogP contribution is -2.32. The Bertz CT molecular complexity index is 1490. The molecule has 0 bridgehead atoms. The summed E-state index contributed by atoms with van der Waals surface area (Å²) in [6.45, 7) is 0. The van der Waals surface area contributed by atoms with E-state index in [-0.39, 0.29) is 28.4 Å². The van der Waals surface area contributed by atoms with E-state index in [0.717, 1.165) is 28.9 Å². The van der Waals surface area contributed by atoms with Crippen molar-refractivity contribution in [3.8, 4) is 11.4 Å². The van der Waals surface area contributed by atoms with E-state index in [1.807, 2.05) is 0 Å². The van der Waals surface area contributed by atoms with Gasteiger partial charge in [0.05, 0.1) is 27.0 Å². The monoisotopic (exact) mass is 588 g/mol. The van der Waals surface area contributed by atoms with Crippen LogP contribution in [0.5, 0.6) is 5.75 Å². The molecule has 0 radical (unpaired) electrons. The van der Waals surface area contributed by atoms with Crippen molar-refractivity contribution in [2.24, 2.45) is 0 Å². The quantitative estimate of drug-likeness (QED) is 0.382. The van der Waals surface area contributed by atoms with Crippen molar-refractivity contribution in [2.45, 2.75) is 36.2 Å². The summed E-state index contributed by atoms with van der Waals surface area (Å²) in [5.41, 5.74) is -1.65. The van der Waals surface area contributed by atoms with Crippen LogP contribution in [-0.4, -0.2) is 35.7 Å². The Hall–Kier alpha value is -3.04. The first-order valence-electron chi connectivity index (χ1n) is 10.0. The molecule has 1 saturated carbocycles. The molecule has 8 nitrogen and oxygen atoms in total. The number of hydrogen-bond acceptors (Lipinski definition) is 6. The maximum absolute atomic E-state index is 13.0. The average molecular weight is 589 g/mol.